The number of urea groups is 1. The van der Waals surface area contributed by atoms with Gasteiger partial charge in [0.25, 0.3) is 6.20 Å². The topological polar surface area (TPSA) is 119 Å². The van der Waals surface area contributed by atoms with Gasteiger partial charge in [-0.25, -0.2) is 4.79 Å². The van der Waals surface area contributed by atoms with Crippen LogP contribution in [0.1, 0.15) is 35.6 Å². The van der Waals surface area contributed by atoms with Crippen molar-refractivity contribution < 1.29 is 19.1 Å². The van der Waals surface area contributed by atoms with Gasteiger partial charge in [-0.3, -0.25) is 19.8 Å². The molecule has 2 amide bonds. The van der Waals surface area contributed by atoms with Gasteiger partial charge in [0.05, 0.1) is 5.69 Å². The summed E-state index contributed by atoms with van der Waals surface area (Å²) in [4.78, 5) is 21.1. The van der Waals surface area contributed by atoms with Crippen LogP contribution >= 0.6 is 0 Å². The average Bonchev–Trinajstić information content (AvgIpc) is 3.61. The van der Waals surface area contributed by atoms with Crippen LogP contribution in [0.4, 0.5) is 22.1 Å². The van der Waals surface area contributed by atoms with Gasteiger partial charge in [0.15, 0.2) is 0 Å². The molecule has 176 valence electrons. The summed E-state index contributed by atoms with van der Waals surface area (Å²) in [6.07, 6.45) is 5.68. The minimum absolute atomic E-state index is 0.194. The Hall–Kier alpha value is -4.53. The highest BCUT2D eigenvalue weighted by Crippen LogP contribution is 2.42. The van der Waals surface area contributed by atoms with Gasteiger partial charge >= 0.3 is 11.9 Å². The molecule has 35 heavy (non-hydrogen) atoms. The molecule has 9 heteroatoms. The van der Waals surface area contributed by atoms with Crippen molar-refractivity contribution >= 4 is 29.2 Å². The van der Waals surface area contributed by atoms with Crippen molar-refractivity contribution in [2.24, 2.45) is 4.99 Å². The third-order valence-electron chi connectivity index (χ3n) is 5.50. The fourth-order valence-electron chi connectivity index (χ4n) is 3.72. The molecule has 1 aliphatic carbocycles. The van der Waals surface area contributed by atoms with Crippen molar-refractivity contribution in [1.29, 1.82) is 0 Å². The summed E-state index contributed by atoms with van der Waals surface area (Å²) in [5.74, 6) is 0.385. The van der Waals surface area contributed by atoms with E-state index < -0.39 is 6.03 Å². The number of aliphatic imine (C=N–C) groups is 1. The van der Waals surface area contributed by atoms with Crippen molar-refractivity contribution in [3.8, 4) is 0 Å². The molecule has 0 radical (unpaired) electrons. The summed E-state index contributed by atoms with van der Waals surface area (Å²) in [6.45, 7) is 0.416. The predicted molar refractivity (Wildman–Crippen MR) is 128 cm³/mol. The molecule has 2 aromatic heterocycles. The number of pyridine rings is 1. The third kappa shape index (κ3) is 6.29. The van der Waals surface area contributed by atoms with E-state index in [1.54, 1.807) is 23.1 Å². The average molecular weight is 469 g/mol. The Bertz CT molecular complexity index is 1330. The van der Waals surface area contributed by atoms with Crippen LogP contribution in [-0.2, 0) is 13.0 Å². The van der Waals surface area contributed by atoms with Gasteiger partial charge in [0.1, 0.15) is 5.69 Å². The number of hydrogen-bond donors (Lipinski definition) is 2. The van der Waals surface area contributed by atoms with Crippen molar-refractivity contribution in [3.63, 3.8) is 0 Å². The van der Waals surface area contributed by atoms with Crippen LogP contribution in [0.5, 0.6) is 0 Å². The molecule has 1 aliphatic rings. The van der Waals surface area contributed by atoms with Crippen molar-refractivity contribution in [2.45, 2.75) is 31.7 Å². The highest BCUT2D eigenvalue weighted by atomic mass is 16.5. The van der Waals surface area contributed by atoms with Crippen LogP contribution in [-0.4, -0.2) is 22.2 Å². The number of hydrogen-bond acceptors (Lipinski definition) is 6. The second-order valence-corrected chi connectivity index (χ2v) is 8.42. The molecular formula is C26H24N6O3. The minimum Gasteiger partial charge on any atom is -0.861 e. The molecule has 2 heterocycles. The van der Waals surface area contributed by atoms with E-state index in [2.05, 4.69) is 25.9 Å². The SMILES string of the molecule is O=C(Nc1cc(N=C([O-])Cc2ccccc2)cc(C2CC2)c1)Nc1c[n+](Cc2ccccn2)no1. The van der Waals surface area contributed by atoms with Gasteiger partial charge in [0.2, 0.25) is 11.8 Å². The summed E-state index contributed by atoms with van der Waals surface area (Å²) < 4.78 is 6.74. The standard InChI is InChI=1S/C26H24N6O3/c33-24(12-18-6-2-1-3-7-18)28-22-13-20(19-9-10-19)14-23(15-22)29-26(34)30-25-17-32(31-35-25)16-21-8-4-5-11-27-21/h1-8,11,13-15,17,19H,9-10,12,16H2,(H2-,28,29,30,31,33,34). The molecule has 2 aromatic carbocycles. The number of benzene rings is 2. The monoisotopic (exact) mass is 468 g/mol. The van der Waals surface area contributed by atoms with Crippen molar-refractivity contribution in [3.05, 3.63) is 95.9 Å². The lowest BCUT2D eigenvalue weighted by Crippen LogP contribution is -2.35. The maximum absolute atomic E-state index is 12.6. The molecule has 2 N–H and O–H groups in total. The lowest BCUT2D eigenvalue weighted by Gasteiger charge is -2.13. The van der Waals surface area contributed by atoms with E-state index in [9.17, 15) is 9.90 Å². The summed E-state index contributed by atoms with van der Waals surface area (Å²) in [6, 6.07) is 20.1. The number of rotatable bonds is 8. The first kappa shape index (κ1) is 22.3. The Morgan fingerprint density at radius 3 is 2.69 bits per heavy atom. The quantitative estimate of drug-likeness (QED) is 0.233. The second kappa shape index (κ2) is 10.2. The first-order valence-electron chi connectivity index (χ1n) is 11.4. The van der Waals surface area contributed by atoms with Crippen LogP contribution in [0, 0.1) is 0 Å². The zero-order chi connectivity index (χ0) is 24.0. The van der Waals surface area contributed by atoms with Crippen molar-refractivity contribution in [1.82, 2.24) is 10.3 Å². The maximum Gasteiger partial charge on any atom is 0.326 e. The highest BCUT2D eigenvalue weighted by molar-refractivity contribution is 5.99. The van der Waals surface area contributed by atoms with E-state index >= 15 is 0 Å². The zero-order valence-electron chi connectivity index (χ0n) is 18.9. The molecule has 5 rings (SSSR count). The Kier molecular flexibility index (Phi) is 6.47. The summed E-state index contributed by atoms with van der Waals surface area (Å²) in [5, 5.41) is 21.8. The van der Waals surface area contributed by atoms with Gasteiger partial charge in [-0.1, -0.05) is 36.4 Å². The molecular weight excluding hydrogens is 444 g/mol. The molecule has 4 aromatic rings. The molecule has 0 bridgehead atoms. The van der Waals surface area contributed by atoms with Gasteiger partial charge in [-0.15, -0.1) is 0 Å². The van der Waals surface area contributed by atoms with E-state index in [0.717, 1.165) is 29.7 Å². The highest BCUT2D eigenvalue weighted by Gasteiger charge is 2.24. The predicted octanol–water partition coefficient (Wildman–Crippen LogP) is 3.56. The van der Waals surface area contributed by atoms with E-state index in [0.29, 0.717) is 23.8 Å². The first-order valence-corrected chi connectivity index (χ1v) is 11.4. The Morgan fingerprint density at radius 1 is 1.09 bits per heavy atom. The molecule has 1 fully saturated rings. The fraction of sp³-hybridized carbons (Fsp3) is 0.192. The molecule has 1 saturated carbocycles. The Labute approximate surface area is 202 Å². The van der Waals surface area contributed by atoms with Crippen LogP contribution in [0.15, 0.2) is 88.6 Å². The number of nitrogens with one attached hydrogen (secondary N) is 2. The lowest BCUT2D eigenvalue weighted by molar-refractivity contribution is -0.755. The zero-order valence-corrected chi connectivity index (χ0v) is 18.9. The smallest absolute Gasteiger partial charge is 0.326 e. The van der Waals surface area contributed by atoms with Gasteiger partial charge < -0.3 is 10.4 Å². The fourth-order valence-corrected chi connectivity index (χ4v) is 3.72. The van der Waals surface area contributed by atoms with E-state index in [4.69, 9.17) is 4.52 Å². The van der Waals surface area contributed by atoms with Crippen LogP contribution < -0.4 is 20.4 Å². The third-order valence-corrected chi connectivity index (χ3v) is 5.50. The summed E-state index contributed by atoms with van der Waals surface area (Å²) >= 11 is 0. The Morgan fingerprint density at radius 2 is 1.91 bits per heavy atom. The lowest BCUT2D eigenvalue weighted by atomic mass is 10.1. The summed E-state index contributed by atoms with van der Waals surface area (Å²) in [7, 11) is 0. The van der Waals surface area contributed by atoms with Gasteiger partial charge in [-0.05, 0) is 70.8 Å². The minimum atomic E-state index is -0.486. The molecule has 0 atom stereocenters. The molecule has 0 unspecified atom stereocenters. The molecule has 9 nitrogen and oxygen atoms in total. The van der Waals surface area contributed by atoms with E-state index in [-0.39, 0.29) is 18.2 Å². The summed E-state index contributed by atoms with van der Waals surface area (Å²) in [5.41, 5.74) is 3.86. The van der Waals surface area contributed by atoms with Crippen LogP contribution in [0.25, 0.3) is 0 Å². The van der Waals surface area contributed by atoms with E-state index in [1.807, 2.05) is 60.7 Å². The van der Waals surface area contributed by atoms with Gasteiger partial charge in [0, 0.05) is 18.3 Å². The second-order valence-electron chi connectivity index (χ2n) is 8.42. The van der Waals surface area contributed by atoms with E-state index in [1.165, 1.54) is 0 Å². The van der Waals surface area contributed by atoms with Crippen LogP contribution in [0.3, 0.4) is 0 Å². The largest absolute Gasteiger partial charge is 0.861 e. The van der Waals surface area contributed by atoms with Crippen molar-refractivity contribution in [2.75, 3.05) is 10.6 Å². The number of anilines is 2. The van der Waals surface area contributed by atoms with Gasteiger partial charge in [-0.2, -0.15) is 0 Å². The molecule has 0 aliphatic heterocycles. The first-order chi connectivity index (χ1) is 17.1. The Balaban J connectivity index is 1.26. The normalized spacial score (nSPS) is 13.4. The number of aromatic nitrogens is 3. The maximum atomic E-state index is 12.6. The number of amides is 2. The van der Waals surface area contributed by atoms with Crippen LogP contribution in [0.2, 0.25) is 0 Å². The molecule has 0 saturated heterocycles. The number of carbonyl (C=O) groups is 1. The molecule has 0 spiro atoms. The number of carbonyl (C=O) groups excluding carboxylic acids is 1. The number of nitrogens with zero attached hydrogens (tertiary/aromatic N) is 4.